The molecule has 2 aliphatic carbocycles. The molecule has 6 atom stereocenters. The van der Waals surface area contributed by atoms with Crippen molar-refractivity contribution in [3.63, 3.8) is 0 Å². The van der Waals surface area contributed by atoms with Gasteiger partial charge in [-0.15, -0.1) is 0 Å². The average molecular weight is 395 g/mol. The molecule has 162 valence electrons. The summed E-state index contributed by atoms with van der Waals surface area (Å²) in [5.41, 5.74) is 0. The molecule has 0 saturated heterocycles. The van der Waals surface area contributed by atoms with E-state index in [1.807, 2.05) is 0 Å². The van der Waals surface area contributed by atoms with E-state index in [0.717, 1.165) is 25.7 Å². The molecule has 0 amide bonds. The third-order valence-corrected chi connectivity index (χ3v) is 7.02. The lowest BCUT2D eigenvalue weighted by Crippen LogP contribution is -2.36. The second-order valence-electron chi connectivity index (χ2n) is 10.2. The van der Waals surface area contributed by atoms with Crippen LogP contribution in [0.15, 0.2) is 0 Å². The molecular weight excluding hydrogens is 352 g/mol. The Balaban J connectivity index is 1.80. The largest absolute Gasteiger partial charge is 0.462 e. The predicted octanol–water partition coefficient (Wildman–Crippen LogP) is 5.77. The summed E-state index contributed by atoms with van der Waals surface area (Å²) in [6.07, 6.45) is 6.79. The number of hydrogen-bond donors (Lipinski definition) is 0. The minimum Gasteiger partial charge on any atom is -0.462 e. The molecule has 0 aromatic rings. The average Bonchev–Trinajstić information content (AvgIpc) is 2.59. The number of rotatable bonds is 7. The summed E-state index contributed by atoms with van der Waals surface area (Å²) in [4.78, 5) is 24.8. The van der Waals surface area contributed by atoms with Crippen LogP contribution in [0.4, 0.5) is 0 Å². The minimum absolute atomic E-state index is 0.00298. The van der Waals surface area contributed by atoms with Crippen LogP contribution >= 0.6 is 0 Å². The molecule has 0 N–H and O–H groups in total. The fourth-order valence-electron chi connectivity index (χ4n) is 5.16. The molecule has 28 heavy (non-hydrogen) atoms. The zero-order valence-corrected chi connectivity index (χ0v) is 18.9. The van der Waals surface area contributed by atoms with E-state index in [1.54, 1.807) is 0 Å². The third kappa shape index (κ3) is 6.77. The van der Waals surface area contributed by atoms with E-state index in [0.29, 0.717) is 35.5 Å². The quantitative estimate of drug-likeness (QED) is 0.514. The normalized spacial score (nSPS) is 33.7. The van der Waals surface area contributed by atoms with E-state index in [1.165, 1.54) is 12.8 Å². The highest BCUT2D eigenvalue weighted by Crippen LogP contribution is 2.36. The van der Waals surface area contributed by atoms with Crippen molar-refractivity contribution < 1.29 is 19.1 Å². The van der Waals surface area contributed by atoms with E-state index in [9.17, 15) is 9.59 Å². The molecule has 4 unspecified atom stereocenters. The summed E-state index contributed by atoms with van der Waals surface area (Å²) in [6.45, 7) is 13.3. The first-order valence-corrected chi connectivity index (χ1v) is 11.6. The lowest BCUT2D eigenvalue weighted by atomic mass is 9.75. The summed E-state index contributed by atoms with van der Waals surface area (Å²) in [5.74, 6) is 2.58. The summed E-state index contributed by atoms with van der Waals surface area (Å²) in [5, 5.41) is 0. The van der Waals surface area contributed by atoms with Crippen LogP contribution in [0, 0.1) is 35.5 Å². The van der Waals surface area contributed by atoms with Gasteiger partial charge in [0, 0.05) is 0 Å². The highest BCUT2D eigenvalue weighted by molar-refractivity contribution is 5.77. The predicted molar refractivity (Wildman–Crippen MR) is 112 cm³/mol. The molecule has 2 rings (SSSR count). The zero-order valence-electron chi connectivity index (χ0n) is 18.9. The standard InChI is InChI=1S/C24H42O4/c1-15(2)19-9-7-17(5)13-21(19)27-23(25)11-12-24(26)28-22-14-18(6)8-10-20(22)16(3)4/h15-22H,7-14H2,1-6H3/t17-,18-,19?,20?,21?,22?/m1/s1. The van der Waals surface area contributed by atoms with Gasteiger partial charge in [-0.25, -0.2) is 0 Å². The third-order valence-electron chi connectivity index (χ3n) is 7.02. The van der Waals surface area contributed by atoms with Crippen LogP contribution in [-0.4, -0.2) is 24.1 Å². The second kappa shape index (κ2) is 10.6. The summed E-state index contributed by atoms with van der Waals surface area (Å²) < 4.78 is 11.6. The van der Waals surface area contributed by atoms with Crippen LogP contribution in [0.25, 0.3) is 0 Å². The van der Waals surface area contributed by atoms with Gasteiger partial charge in [-0.1, -0.05) is 54.4 Å². The minimum atomic E-state index is -0.251. The van der Waals surface area contributed by atoms with Crippen LogP contribution in [0.1, 0.15) is 92.9 Å². The van der Waals surface area contributed by atoms with Crippen LogP contribution in [0.2, 0.25) is 0 Å². The molecule has 0 radical (unpaired) electrons. The first-order valence-electron chi connectivity index (χ1n) is 11.6. The highest BCUT2D eigenvalue weighted by Gasteiger charge is 2.35. The Morgan fingerprint density at radius 3 is 1.39 bits per heavy atom. The number of esters is 2. The maximum Gasteiger partial charge on any atom is 0.306 e. The van der Waals surface area contributed by atoms with Gasteiger partial charge in [0.05, 0.1) is 12.8 Å². The highest BCUT2D eigenvalue weighted by atomic mass is 16.6. The van der Waals surface area contributed by atoms with Crippen molar-refractivity contribution in [2.45, 2.75) is 105 Å². The first kappa shape index (κ1) is 23.2. The fraction of sp³-hybridized carbons (Fsp3) is 0.917. The van der Waals surface area contributed by atoms with Gasteiger partial charge in [-0.05, 0) is 61.2 Å². The van der Waals surface area contributed by atoms with Crippen LogP contribution in [0.5, 0.6) is 0 Å². The fourth-order valence-corrected chi connectivity index (χ4v) is 5.16. The molecule has 0 aliphatic heterocycles. The second-order valence-corrected chi connectivity index (χ2v) is 10.2. The van der Waals surface area contributed by atoms with Crippen molar-refractivity contribution in [3.8, 4) is 0 Å². The van der Waals surface area contributed by atoms with Gasteiger partial charge in [-0.3, -0.25) is 9.59 Å². The lowest BCUT2D eigenvalue weighted by molar-refractivity contribution is -0.163. The summed E-state index contributed by atoms with van der Waals surface area (Å²) in [7, 11) is 0. The van der Waals surface area contributed by atoms with Crippen LogP contribution < -0.4 is 0 Å². The molecule has 0 aromatic heterocycles. The van der Waals surface area contributed by atoms with Crippen molar-refractivity contribution in [2.24, 2.45) is 35.5 Å². The van der Waals surface area contributed by atoms with Crippen LogP contribution in [0.3, 0.4) is 0 Å². The van der Waals surface area contributed by atoms with Gasteiger partial charge < -0.3 is 9.47 Å². The van der Waals surface area contributed by atoms with E-state index < -0.39 is 0 Å². The van der Waals surface area contributed by atoms with Gasteiger partial charge in [0.15, 0.2) is 0 Å². The molecule has 0 spiro atoms. The number of ether oxygens (including phenoxy) is 2. The van der Waals surface area contributed by atoms with Crippen molar-refractivity contribution in [3.05, 3.63) is 0 Å². The Morgan fingerprint density at radius 1 is 0.714 bits per heavy atom. The molecule has 2 saturated carbocycles. The van der Waals surface area contributed by atoms with Crippen molar-refractivity contribution in [2.75, 3.05) is 0 Å². The molecular formula is C24H42O4. The monoisotopic (exact) mass is 394 g/mol. The number of carbonyl (C=O) groups is 2. The van der Waals surface area contributed by atoms with E-state index in [4.69, 9.17) is 9.47 Å². The zero-order chi connectivity index (χ0) is 20.8. The van der Waals surface area contributed by atoms with Gasteiger partial charge in [0.2, 0.25) is 0 Å². The molecule has 0 aromatic carbocycles. The van der Waals surface area contributed by atoms with Gasteiger partial charge in [0.1, 0.15) is 12.2 Å². The number of hydrogen-bond acceptors (Lipinski definition) is 4. The molecule has 4 nitrogen and oxygen atoms in total. The molecule has 0 bridgehead atoms. The van der Waals surface area contributed by atoms with Crippen molar-refractivity contribution in [1.82, 2.24) is 0 Å². The Bertz CT molecular complexity index is 467. The van der Waals surface area contributed by atoms with Crippen LogP contribution in [-0.2, 0) is 19.1 Å². The van der Waals surface area contributed by atoms with E-state index >= 15 is 0 Å². The molecule has 2 fully saturated rings. The maximum absolute atomic E-state index is 12.4. The van der Waals surface area contributed by atoms with Gasteiger partial charge >= 0.3 is 11.9 Å². The SMILES string of the molecule is CC(C)C1CC[C@@H](C)CC1OC(=O)CCC(=O)OC1C[C@H](C)CCC1C(C)C. The Labute approximate surface area is 172 Å². The molecule has 0 heterocycles. The van der Waals surface area contributed by atoms with E-state index in [-0.39, 0.29) is 37.0 Å². The van der Waals surface area contributed by atoms with Gasteiger partial charge in [0.25, 0.3) is 0 Å². The molecule has 2 aliphatic rings. The lowest BCUT2D eigenvalue weighted by Gasteiger charge is -2.37. The van der Waals surface area contributed by atoms with Crippen molar-refractivity contribution in [1.29, 1.82) is 0 Å². The topological polar surface area (TPSA) is 52.6 Å². The first-order chi connectivity index (χ1) is 13.2. The maximum atomic E-state index is 12.4. The molecule has 4 heteroatoms. The Morgan fingerprint density at radius 2 is 1.07 bits per heavy atom. The summed E-state index contributed by atoms with van der Waals surface area (Å²) in [6, 6.07) is 0. The van der Waals surface area contributed by atoms with Crippen molar-refractivity contribution >= 4 is 11.9 Å². The smallest absolute Gasteiger partial charge is 0.306 e. The summed E-state index contributed by atoms with van der Waals surface area (Å²) >= 11 is 0. The Kier molecular flexibility index (Phi) is 8.82. The Hall–Kier alpha value is -1.06. The van der Waals surface area contributed by atoms with E-state index in [2.05, 4.69) is 41.5 Å². The van der Waals surface area contributed by atoms with Gasteiger partial charge in [-0.2, -0.15) is 0 Å². The number of carbonyl (C=O) groups excluding carboxylic acids is 2.